The molecule has 0 saturated heterocycles. The van der Waals surface area contributed by atoms with Crippen molar-refractivity contribution in [1.29, 1.82) is 0 Å². The number of hydrogen-bond acceptors (Lipinski definition) is 5. The van der Waals surface area contributed by atoms with Gasteiger partial charge in [0.2, 0.25) is 0 Å². The van der Waals surface area contributed by atoms with Crippen LogP contribution in [0.25, 0.3) is 10.9 Å². The number of halogens is 3. The average molecular weight is 302 g/mol. The summed E-state index contributed by atoms with van der Waals surface area (Å²) in [4.78, 5) is 11.8. The Hall–Kier alpha value is -1.57. The molecule has 0 amide bonds. The number of nitrogens with two attached hydrogens (primary N) is 1. The van der Waals surface area contributed by atoms with Crippen LogP contribution in [0.3, 0.4) is 0 Å². The van der Waals surface area contributed by atoms with Crippen molar-refractivity contribution < 1.29 is 13.2 Å². The number of aromatic nitrogens is 3. The highest BCUT2D eigenvalue weighted by Crippen LogP contribution is 2.34. The van der Waals surface area contributed by atoms with Crippen LogP contribution in [-0.4, -0.2) is 21.2 Å². The fraction of sp³-hybridized carbons (Fsp3) is 0.417. The monoisotopic (exact) mass is 302 g/mol. The molecule has 0 aromatic carbocycles. The van der Waals surface area contributed by atoms with Crippen LogP contribution in [0.2, 0.25) is 0 Å². The van der Waals surface area contributed by atoms with Crippen molar-refractivity contribution in [3.63, 3.8) is 0 Å². The zero-order valence-corrected chi connectivity index (χ0v) is 11.9. The zero-order chi connectivity index (χ0) is 15.1. The molecule has 2 heterocycles. The SMILES string of the molecule is CSc1nc(C(C)C)c2cc(C(F)(F)F)nc(N)c2n1. The number of hydrogen-bond donors (Lipinski definition) is 1. The van der Waals surface area contributed by atoms with Crippen molar-refractivity contribution >= 4 is 28.5 Å². The summed E-state index contributed by atoms with van der Waals surface area (Å²) in [6.07, 6.45) is -2.76. The van der Waals surface area contributed by atoms with Gasteiger partial charge in [-0.05, 0) is 18.2 Å². The summed E-state index contributed by atoms with van der Waals surface area (Å²) < 4.78 is 38.4. The first kappa shape index (κ1) is 14.8. The van der Waals surface area contributed by atoms with Crippen LogP contribution in [0.15, 0.2) is 11.2 Å². The van der Waals surface area contributed by atoms with Gasteiger partial charge in [-0.15, -0.1) is 0 Å². The Morgan fingerprint density at radius 3 is 2.35 bits per heavy atom. The van der Waals surface area contributed by atoms with Gasteiger partial charge in [0.15, 0.2) is 11.0 Å². The van der Waals surface area contributed by atoms with Gasteiger partial charge in [0.05, 0.1) is 5.69 Å². The summed E-state index contributed by atoms with van der Waals surface area (Å²) in [5.74, 6) is -0.274. The lowest BCUT2D eigenvalue weighted by atomic mass is 10.0. The fourth-order valence-corrected chi connectivity index (χ4v) is 2.20. The Bertz CT molecular complexity index is 655. The van der Waals surface area contributed by atoms with Gasteiger partial charge < -0.3 is 5.73 Å². The minimum absolute atomic E-state index is 0.0470. The second-order valence-corrected chi connectivity index (χ2v) is 5.31. The average Bonchev–Trinajstić information content (AvgIpc) is 2.36. The molecular weight excluding hydrogens is 289 g/mol. The molecule has 0 radical (unpaired) electrons. The van der Waals surface area contributed by atoms with Crippen molar-refractivity contribution in [3.8, 4) is 0 Å². The molecule has 0 aliphatic carbocycles. The molecule has 0 fully saturated rings. The van der Waals surface area contributed by atoms with Gasteiger partial charge in [0.1, 0.15) is 11.2 Å². The predicted molar refractivity (Wildman–Crippen MR) is 72.6 cm³/mol. The van der Waals surface area contributed by atoms with Crippen LogP contribution >= 0.6 is 11.8 Å². The van der Waals surface area contributed by atoms with Gasteiger partial charge in [-0.2, -0.15) is 13.2 Å². The second kappa shape index (κ2) is 5.08. The highest BCUT2D eigenvalue weighted by Gasteiger charge is 2.34. The second-order valence-electron chi connectivity index (χ2n) is 4.54. The first-order chi connectivity index (χ1) is 9.24. The molecule has 0 aliphatic heterocycles. The number of fused-ring (bicyclic) bond motifs is 1. The molecule has 4 nitrogen and oxygen atoms in total. The van der Waals surface area contributed by atoms with E-state index in [0.717, 1.165) is 6.07 Å². The van der Waals surface area contributed by atoms with E-state index in [9.17, 15) is 13.2 Å². The largest absolute Gasteiger partial charge is 0.433 e. The first-order valence-electron chi connectivity index (χ1n) is 5.83. The van der Waals surface area contributed by atoms with E-state index in [1.807, 2.05) is 13.8 Å². The highest BCUT2D eigenvalue weighted by atomic mass is 32.2. The van der Waals surface area contributed by atoms with Crippen LogP contribution in [-0.2, 0) is 6.18 Å². The van der Waals surface area contributed by atoms with Crippen molar-refractivity contribution in [1.82, 2.24) is 15.0 Å². The molecule has 2 N–H and O–H groups in total. The quantitative estimate of drug-likeness (QED) is 0.679. The van der Waals surface area contributed by atoms with Crippen LogP contribution in [0.4, 0.5) is 19.0 Å². The van der Waals surface area contributed by atoms with Crippen LogP contribution in [0, 0.1) is 0 Å². The minimum Gasteiger partial charge on any atom is -0.382 e. The fourth-order valence-electron chi connectivity index (χ4n) is 1.83. The molecule has 8 heteroatoms. The Morgan fingerprint density at radius 1 is 1.20 bits per heavy atom. The lowest BCUT2D eigenvalue weighted by Gasteiger charge is -2.13. The summed E-state index contributed by atoms with van der Waals surface area (Å²) in [7, 11) is 0. The van der Waals surface area contributed by atoms with Crippen molar-refractivity contribution in [2.75, 3.05) is 12.0 Å². The smallest absolute Gasteiger partial charge is 0.382 e. The van der Waals surface area contributed by atoms with Gasteiger partial charge in [0, 0.05) is 5.39 Å². The molecule has 2 aromatic rings. The Morgan fingerprint density at radius 2 is 1.85 bits per heavy atom. The molecular formula is C12H13F3N4S. The molecule has 2 rings (SSSR count). The molecule has 0 bridgehead atoms. The van der Waals surface area contributed by atoms with Gasteiger partial charge in [-0.3, -0.25) is 0 Å². The lowest BCUT2D eigenvalue weighted by molar-refractivity contribution is -0.140. The van der Waals surface area contributed by atoms with Crippen molar-refractivity contribution in [2.45, 2.75) is 31.1 Å². The number of anilines is 1. The normalized spacial score (nSPS) is 12.3. The maximum absolute atomic E-state index is 12.8. The summed E-state index contributed by atoms with van der Waals surface area (Å²) in [6, 6.07) is 0.963. The molecule has 0 saturated carbocycles. The topological polar surface area (TPSA) is 64.7 Å². The summed E-state index contributed by atoms with van der Waals surface area (Å²) in [5.41, 5.74) is 5.42. The number of rotatable bonds is 2. The maximum Gasteiger partial charge on any atom is 0.433 e. The molecule has 2 aromatic heterocycles. The van der Waals surface area contributed by atoms with E-state index in [1.165, 1.54) is 11.8 Å². The summed E-state index contributed by atoms with van der Waals surface area (Å²) in [5, 5.41) is 0.770. The number of nitrogen functional groups attached to an aromatic ring is 1. The highest BCUT2D eigenvalue weighted by molar-refractivity contribution is 7.98. The third kappa shape index (κ3) is 2.65. The predicted octanol–water partition coefficient (Wildman–Crippen LogP) is 3.47. The Labute approximate surface area is 118 Å². The molecule has 108 valence electrons. The van der Waals surface area contributed by atoms with Gasteiger partial charge in [-0.25, -0.2) is 15.0 Å². The molecule has 0 aliphatic rings. The van der Waals surface area contributed by atoms with Crippen LogP contribution in [0.1, 0.15) is 31.2 Å². The van der Waals surface area contributed by atoms with Gasteiger partial charge >= 0.3 is 6.18 Å². The zero-order valence-electron chi connectivity index (χ0n) is 11.1. The van der Waals surface area contributed by atoms with Crippen LogP contribution in [0.5, 0.6) is 0 Å². The first-order valence-corrected chi connectivity index (χ1v) is 7.06. The Balaban J connectivity index is 2.84. The van der Waals surface area contributed by atoms with E-state index in [4.69, 9.17) is 5.73 Å². The minimum atomic E-state index is -4.55. The van der Waals surface area contributed by atoms with E-state index in [1.54, 1.807) is 6.26 Å². The molecule has 0 atom stereocenters. The molecule has 0 unspecified atom stereocenters. The summed E-state index contributed by atoms with van der Waals surface area (Å²) in [6.45, 7) is 3.71. The third-order valence-corrected chi connectivity index (χ3v) is 3.29. The van der Waals surface area contributed by atoms with E-state index in [0.29, 0.717) is 16.2 Å². The third-order valence-electron chi connectivity index (χ3n) is 2.74. The van der Waals surface area contributed by atoms with Crippen LogP contribution < -0.4 is 5.73 Å². The van der Waals surface area contributed by atoms with E-state index in [-0.39, 0.29) is 17.3 Å². The van der Waals surface area contributed by atoms with Gasteiger partial charge in [0.25, 0.3) is 0 Å². The number of alkyl halides is 3. The molecule has 0 spiro atoms. The maximum atomic E-state index is 12.8. The van der Waals surface area contributed by atoms with Crippen molar-refractivity contribution in [2.24, 2.45) is 0 Å². The Kier molecular flexibility index (Phi) is 3.77. The summed E-state index contributed by atoms with van der Waals surface area (Å²) >= 11 is 1.31. The van der Waals surface area contributed by atoms with Crippen molar-refractivity contribution in [3.05, 3.63) is 17.5 Å². The standard InChI is InChI=1S/C12H13F3N4S/c1-5(2)8-6-4-7(12(13,14)15)17-10(16)9(6)19-11(18-8)20-3/h4-5H,1-3H3,(H2,16,17). The van der Waals surface area contributed by atoms with Gasteiger partial charge in [-0.1, -0.05) is 25.6 Å². The van der Waals surface area contributed by atoms with E-state index in [2.05, 4.69) is 15.0 Å². The van der Waals surface area contributed by atoms with E-state index >= 15 is 0 Å². The van der Waals surface area contributed by atoms with E-state index < -0.39 is 11.9 Å². The number of thioether (sulfide) groups is 1. The molecule has 20 heavy (non-hydrogen) atoms. The number of nitrogens with zero attached hydrogens (tertiary/aromatic N) is 3. The lowest BCUT2D eigenvalue weighted by Crippen LogP contribution is -2.11. The number of pyridine rings is 1.